The molecule has 4 nitrogen and oxygen atoms in total. The number of hydrogen-bond donors (Lipinski definition) is 2. The maximum Gasteiger partial charge on any atom is 0.294 e. The van der Waals surface area contributed by atoms with Crippen LogP contribution in [-0.2, 0) is 16.5 Å². The lowest BCUT2D eigenvalue weighted by Gasteiger charge is -2.07. The molecule has 166 valence electrons. The first-order valence-electron chi connectivity index (χ1n) is 10.6. The average Bonchev–Trinajstić information content (AvgIpc) is 2.61. The Morgan fingerprint density at radius 2 is 1.11 bits per heavy atom. The third kappa shape index (κ3) is 14.6. The molecule has 28 heavy (non-hydrogen) atoms. The summed E-state index contributed by atoms with van der Waals surface area (Å²) in [5.74, 6) is 0. The Bertz CT molecular complexity index is 579. The molecule has 0 saturated carbocycles. The molecule has 1 aromatic rings. The summed E-state index contributed by atoms with van der Waals surface area (Å²) in [4.78, 5) is 0.0645. The third-order valence-electron chi connectivity index (χ3n) is 5.05. The van der Waals surface area contributed by atoms with Crippen LogP contribution in [0.5, 0.6) is 0 Å². The van der Waals surface area contributed by atoms with Gasteiger partial charge in [-0.2, -0.15) is 8.42 Å². The molecular formula is C22H42BrNO3S. The first-order valence-corrected chi connectivity index (χ1v) is 12.0. The zero-order valence-electron chi connectivity index (χ0n) is 18.0. The summed E-state index contributed by atoms with van der Waals surface area (Å²) >= 11 is 0. The molecule has 0 amide bonds. The van der Waals surface area contributed by atoms with E-state index in [0.717, 1.165) is 18.4 Å². The average molecular weight is 481 g/mol. The largest absolute Gasteiger partial charge is 1.00 e. The van der Waals surface area contributed by atoms with Crippen LogP contribution in [0.1, 0.15) is 102 Å². The van der Waals surface area contributed by atoms with E-state index < -0.39 is 10.1 Å². The standard InChI is InChI=1S/C22H38O3S.BrH.H3N/c1-2-3-4-5-6-7-8-9-10-11-12-13-14-15-18-21-19-16-17-20-22(21)26(23,24)25;;/h16-17,19-20H,2-15,18H2,1H3,(H,23,24,25);1H;1H3. The van der Waals surface area contributed by atoms with Gasteiger partial charge in [0, 0.05) is 0 Å². The van der Waals surface area contributed by atoms with Crippen LogP contribution in [0.25, 0.3) is 0 Å². The van der Waals surface area contributed by atoms with Crippen LogP contribution >= 0.6 is 0 Å². The second kappa shape index (κ2) is 18.6. The van der Waals surface area contributed by atoms with Gasteiger partial charge in [0.2, 0.25) is 0 Å². The van der Waals surface area contributed by atoms with Gasteiger partial charge in [0.05, 0.1) is 4.90 Å². The van der Waals surface area contributed by atoms with Crippen LogP contribution in [0, 0.1) is 0 Å². The topological polar surface area (TPSA) is 90.9 Å². The Balaban J connectivity index is 0. The summed E-state index contributed by atoms with van der Waals surface area (Å²) in [6.07, 6.45) is 19.1. The highest BCUT2D eigenvalue weighted by Crippen LogP contribution is 2.18. The van der Waals surface area contributed by atoms with Gasteiger partial charge in [-0.15, -0.1) is 0 Å². The molecule has 1 rings (SSSR count). The summed E-state index contributed by atoms with van der Waals surface area (Å²) in [6.45, 7) is 2.26. The maximum atomic E-state index is 11.4. The highest BCUT2D eigenvalue weighted by Gasteiger charge is 2.13. The van der Waals surface area contributed by atoms with Crippen LogP contribution in [0.3, 0.4) is 0 Å². The van der Waals surface area contributed by atoms with Crippen LogP contribution in [0.15, 0.2) is 29.2 Å². The van der Waals surface area contributed by atoms with E-state index >= 15 is 0 Å². The predicted molar refractivity (Wildman–Crippen MR) is 116 cm³/mol. The minimum absolute atomic E-state index is 0. The van der Waals surface area contributed by atoms with Gasteiger partial charge in [0.25, 0.3) is 10.1 Å². The molecule has 0 aliphatic rings. The van der Waals surface area contributed by atoms with Crippen molar-refractivity contribution in [1.82, 2.24) is 6.15 Å². The molecule has 0 radical (unpaired) electrons. The van der Waals surface area contributed by atoms with Gasteiger partial charge in [0.1, 0.15) is 0 Å². The van der Waals surface area contributed by atoms with E-state index in [1.165, 1.54) is 83.1 Å². The lowest BCUT2D eigenvalue weighted by Crippen LogP contribution is -3.00. The van der Waals surface area contributed by atoms with Crippen LogP contribution < -0.4 is 23.1 Å². The lowest BCUT2D eigenvalue weighted by atomic mass is 10.0. The van der Waals surface area contributed by atoms with Crippen molar-refractivity contribution in [3.63, 3.8) is 0 Å². The summed E-state index contributed by atoms with van der Waals surface area (Å²) in [7, 11) is -4.10. The van der Waals surface area contributed by atoms with Crippen molar-refractivity contribution >= 4 is 10.1 Å². The molecule has 0 heterocycles. The van der Waals surface area contributed by atoms with Crippen molar-refractivity contribution in [2.45, 2.75) is 108 Å². The van der Waals surface area contributed by atoms with Crippen LogP contribution in [0.4, 0.5) is 0 Å². The van der Waals surface area contributed by atoms with E-state index in [-0.39, 0.29) is 28.0 Å². The third-order valence-corrected chi connectivity index (χ3v) is 6.00. The molecule has 0 aliphatic heterocycles. The van der Waals surface area contributed by atoms with Gasteiger partial charge in [-0.1, -0.05) is 109 Å². The van der Waals surface area contributed by atoms with Crippen molar-refractivity contribution in [2.24, 2.45) is 0 Å². The Morgan fingerprint density at radius 3 is 1.54 bits per heavy atom. The van der Waals surface area contributed by atoms with Gasteiger partial charge in [-0.25, -0.2) is 0 Å². The molecule has 0 atom stereocenters. The van der Waals surface area contributed by atoms with Crippen molar-refractivity contribution in [3.05, 3.63) is 29.8 Å². The number of halogens is 1. The zero-order valence-corrected chi connectivity index (χ0v) is 20.4. The molecule has 0 bridgehead atoms. The Hall–Kier alpha value is -0.430. The Morgan fingerprint density at radius 1 is 0.714 bits per heavy atom. The van der Waals surface area contributed by atoms with Crippen molar-refractivity contribution in [3.8, 4) is 0 Å². The fourth-order valence-corrected chi connectivity index (χ4v) is 4.22. The number of hydrogen-bond acceptors (Lipinski definition) is 2. The van der Waals surface area contributed by atoms with E-state index in [0.29, 0.717) is 6.42 Å². The van der Waals surface area contributed by atoms with Crippen LogP contribution in [0.2, 0.25) is 0 Å². The number of benzene rings is 1. The molecule has 5 N–H and O–H groups in total. The minimum Gasteiger partial charge on any atom is -1.00 e. The van der Waals surface area contributed by atoms with E-state index in [1.54, 1.807) is 12.1 Å². The van der Waals surface area contributed by atoms with Crippen molar-refractivity contribution in [2.75, 3.05) is 0 Å². The van der Waals surface area contributed by atoms with E-state index in [1.807, 2.05) is 6.07 Å². The zero-order chi connectivity index (χ0) is 19.1. The summed E-state index contributed by atoms with van der Waals surface area (Å²) in [5, 5.41) is 0. The molecule has 0 spiro atoms. The molecule has 0 unspecified atom stereocenters. The van der Waals surface area contributed by atoms with Gasteiger partial charge < -0.3 is 23.1 Å². The minimum atomic E-state index is -4.10. The smallest absolute Gasteiger partial charge is 0.294 e. The van der Waals surface area contributed by atoms with Crippen molar-refractivity contribution in [1.29, 1.82) is 0 Å². The quantitative estimate of drug-likeness (QED) is 0.272. The Labute approximate surface area is 184 Å². The highest BCUT2D eigenvalue weighted by molar-refractivity contribution is 7.85. The second-order valence-corrected chi connectivity index (χ2v) is 8.82. The first kappa shape index (κ1) is 29.8. The van der Waals surface area contributed by atoms with Crippen LogP contribution in [-0.4, -0.2) is 13.0 Å². The van der Waals surface area contributed by atoms with Gasteiger partial charge in [0.15, 0.2) is 0 Å². The molecule has 0 aromatic heterocycles. The molecule has 0 saturated heterocycles. The molecule has 6 heteroatoms. The fourth-order valence-electron chi connectivity index (χ4n) is 3.47. The number of quaternary nitrogens is 1. The molecule has 1 aromatic carbocycles. The second-order valence-electron chi connectivity index (χ2n) is 7.43. The highest BCUT2D eigenvalue weighted by atomic mass is 79.9. The maximum absolute atomic E-state index is 11.4. The molecule has 0 fully saturated rings. The monoisotopic (exact) mass is 479 g/mol. The predicted octanol–water partition coefficient (Wildman–Crippen LogP) is 4.34. The van der Waals surface area contributed by atoms with Gasteiger partial charge in [-0.3, -0.25) is 4.55 Å². The van der Waals surface area contributed by atoms with Crippen molar-refractivity contribution < 1.29 is 30.0 Å². The normalized spacial score (nSPS) is 10.9. The lowest BCUT2D eigenvalue weighted by molar-refractivity contribution is -0.0000102. The van der Waals surface area contributed by atoms with Gasteiger partial charge >= 0.3 is 0 Å². The van der Waals surface area contributed by atoms with Gasteiger partial charge in [-0.05, 0) is 24.5 Å². The summed E-state index contributed by atoms with van der Waals surface area (Å²) < 4.78 is 32.0. The van der Waals surface area contributed by atoms with E-state index in [9.17, 15) is 13.0 Å². The summed E-state index contributed by atoms with van der Waals surface area (Å²) in [5.41, 5.74) is 0.730. The van der Waals surface area contributed by atoms with E-state index in [2.05, 4.69) is 6.92 Å². The molecular weight excluding hydrogens is 438 g/mol. The SMILES string of the molecule is CCCCCCCCCCCCCCCCc1ccccc1S(=O)(=O)O.[Br-].[NH4+]. The van der Waals surface area contributed by atoms with E-state index in [4.69, 9.17) is 0 Å². The number of aryl methyl sites for hydroxylation is 1. The molecule has 0 aliphatic carbocycles. The summed E-state index contributed by atoms with van der Waals surface area (Å²) in [6, 6.07) is 6.76. The number of rotatable bonds is 16. The Kier molecular flexibility index (Phi) is 19.8. The first-order chi connectivity index (χ1) is 12.6. The number of unbranched alkanes of at least 4 members (excludes halogenated alkanes) is 13. The fraction of sp³-hybridized carbons (Fsp3) is 0.727.